The van der Waals surface area contributed by atoms with Gasteiger partial charge in [0.2, 0.25) is 0 Å². The molecule has 1 atom stereocenters. The molecule has 4 aromatic rings. The van der Waals surface area contributed by atoms with Crippen molar-refractivity contribution in [2.75, 3.05) is 19.5 Å². The number of ether oxygens (including phenoxy) is 2. The van der Waals surface area contributed by atoms with Gasteiger partial charge in [-0.2, -0.15) is 5.10 Å². The summed E-state index contributed by atoms with van der Waals surface area (Å²) in [5.74, 6) is -2.30. The number of halogens is 2. The van der Waals surface area contributed by atoms with Gasteiger partial charge in [0.1, 0.15) is 16.9 Å². The normalized spacial score (nSPS) is 13.4. The van der Waals surface area contributed by atoms with Gasteiger partial charge in [0, 0.05) is 6.07 Å². The molecule has 0 saturated carbocycles. The molecule has 0 aliphatic heterocycles. The van der Waals surface area contributed by atoms with Crippen molar-refractivity contribution in [2.24, 2.45) is 5.73 Å². The number of esters is 2. The lowest BCUT2D eigenvalue weighted by Gasteiger charge is -2.21. The first-order chi connectivity index (χ1) is 21.4. The number of nitrogens with zero attached hydrogens (tertiary/aromatic N) is 3. The molecular formula is C32H36Cl2N6O6. The summed E-state index contributed by atoms with van der Waals surface area (Å²) in [4.78, 5) is 56.3. The molecule has 5 rings (SSSR count). The van der Waals surface area contributed by atoms with Gasteiger partial charge in [-0.25, -0.2) is 19.1 Å². The van der Waals surface area contributed by atoms with Crippen molar-refractivity contribution in [1.82, 2.24) is 19.9 Å². The molecular weight excluding hydrogens is 635 g/mol. The molecule has 1 aliphatic carbocycles. The number of benzene rings is 2. The van der Waals surface area contributed by atoms with E-state index in [0.717, 1.165) is 16.7 Å². The van der Waals surface area contributed by atoms with Crippen LogP contribution < -0.4 is 16.4 Å². The van der Waals surface area contributed by atoms with Crippen molar-refractivity contribution in [1.29, 1.82) is 0 Å². The molecule has 2 amide bonds. The minimum absolute atomic E-state index is 0. The smallest absolute Gasteiger partial charge is 0.356 e. The third-order valence-corrected chi connectivity index (χ3v) is 7.41. The van der Waals surface area contributed by atoms with Crippen molar-refractivity contribution >= 4 is 59.1 Å². The molecule has 0 radical (unpaired) electrons. The van der Waals surface area contributed by atoms with Crippen LogP contribution >= 0.6 is 24.0 Å². The number of carbonyl (C=O) groups is 4. The number of amides is 2. The van der Waals surface area contributed by atoms with E-state index in [-0.39, 0.29) is 41.0 Å². The second-order valence-corrected chi connectivity index (χ2v) is 11.5. The van der Waals surface area contributed by atoms with Gasteiger partial charge in [-0.1, -0.05) is 29.8 Å². The highest BCUT2D eigenvalue weighted by Gasteiger charge is 2.30. The first kappa shape index (κ1) is 36.0. The highest BCUT2D eigenvalue weighted by molar-refractivity contribution is 6.34. The van der Waals surface area contributed by atoms with Crippen LogP contribution in [-0.2, 0) is 15.9 Å². The third kappa shape index (κ3) is 7.47. The molecule has 0 saturated heterocycles. The maximum atomic E-state index is 13.7. The molecule has 2 aromatic carbocycles. The van der Waals surface area contributed by atoms with E-state index in [2.05, 4.69) is 26.4 Å². The lowest BCUT2D eigenvalue weighted by Crippen LogP contribution is -2.30. The summed E-state index contributed by atoms with van der Waals surface area (Å²) in [6, 6.07) is 11.2. The Hall–Kier alpha value is -4.52. The molecule has 46 heavy (non-hydrogen) atoms. The van der Waals surface area contributed by atoms with Crippen LogP contribution in [0.4, 0.5) is 5.69 Å². The van der Waals surface area contributed by atoms with Crippen LogP contribution in [0.3, 0.4) is 0 Å². The molecule has 0 spiro atoms. The number of fused-ring (bicyclic) bond motifs is 2. The Bertz CT molecular complexity index is 1800. The fourth-order valence-electron chi connectivity index (χ4n) is 5.06. The van der Waals surface area contributed by atoms with Crippen LogP contribution in [0.5, 0.6) is 0 Å². The Morgan fingerprint density at radius 1 is 1.02 bits per heavy atom. The van der Waals surface area contributed by atoms with Crippen molar-refractivity contribution in [3.05, 3.63) is 92.9 Å². The Labute approximate surface area is 277 Å². The summed E-state index contributed by atoms with van der Waals surface area (Å²) < 4.78 is 11.6. The lowest BCUT2D eigenvalue weighted by atomic mass is 9.97. The molecule has 2 aromatic heterocycles. The fourth-order valence-corrected chi connectivity index (χ4v) is 5.25. The van der Waals surface area contributed by atoms with Crippen LogP contribution in [-0.4, -0.2) is 58.1 Å². The van der Waals surface area contributed by atoms with Gasteiger partial charge in [-0.3, -0.25) is 9.59 Å². The van der Waals surface area contributed by atoms with Gasteiger partial charge in [-0.15, -0.1) is 12.4 Å². The Balaban J connectivity index is 0.00000188. The number of nitrogens with two attached hydrogens (primary N) is 1. The van der Waals surface area contributed by atoms with Crippen LogP contribution in [0.15, 0.2) is 48.7 Å². The number of carbonyl (C=O) groups excluding carboxylic acids is 4. The maximum absolute atomic E-state index is 13.7. The second kappa shape index (κ2) is 14.7. The predicted octanol–water partition coefficient (Wildman–Crippen LogP) is 5.10. The number of anilines is 1. The molecule has 2 heterocycles. The zero-order valence-corrected chi connectivity index (χ0v) is 27.8. The number of rotatable bonds is 6. The minimum atomic E-state index is -0.785. The van der Waals surface area contributed by atoms with Crippen LogP contribution in [0, 0.1) is 6.92 Å². The molecule has 12 nitrogen and oxygen atoms in total. The van der Waals surface area contributed by atoms with Gasteiger partial charge < -0.3 is 25.8 Å². The van der Waals surface area contributed by atoms with Crippen molar-refractivity contribution < 1.29 is 28.7 Å². The van der Waals surface area contributed by atoms with Gasteiger partial charge in [0.25, 0.3) is 11.8 Å². The number of methoxy groups -OCH3 is 1. The van der Waals surface area contributed by atoms with Gasteiger partial charge >= 0.3 is 11.9 Å². The highest BCUT2D eigenvalue weighted by Crippen LogP contribution is 2.35. The SMILES string of the molecule is CN.COC(=O)c1cc(C(=O)N[C@H]2CCc3c2ccc(C(=O)OC(C)(C)C)c3C)n2ncc(C(=O)Nc3ccccc3Cl)c2n1.Cl. The Morgan fingerprint density at radius 3 is 2.37 bits per heavy atom. The van der Waals surface area contributed by atoms with Crippen LogP contribution in [0.1, 0.15) is 91.6 Å². The van der Waals surface area contributed by atoms with Crippen molar-refractivity contribution in [2.45, 2.75) is 52.2 Å². The summed E-state index contributed by atoms with van der Waals surface area (Å²) in [5, 5.41) is 10.3. The monoisotopic (exact) mass is 670 g/mol. The first-order valence-electron chi connectivity index (χ1n) is 14.1. The Morgan fingerprint density at radius 2 is 1.72 bits per heavy atom. The minimum Gasteiger partial charge on any atom is -0.464 e. The molecule has 1 aliphatic rings. The maximum Gasteiger partial charge on any atom is 0.356 e. The number of hydrogen-bond acceptors (Lipinski definition) is 9. The number of hydrogen-bond donors (Lipinski definition) is 3. The third-order valence-electron chi connectivity index (χ3n) is 7.08. The largest absolute Gasteiger partial charge is 0.464 e. The Kier molecular flexibility index (Phi) is 11.5. The van der Waals surface area contributed by atoms with E-state index < -0.39 is 29.4 Å². The zero-order chi connectivity index (χ0) is 33.1. The molecule has 244 valence electrons. The number of para-hydroxylation sites is 1. The second-order valence-electron chi connectivity index (χ2n) is 11.1. The summed E-state index contributed by atoms with van der Waals surface area (Å²) in [5.41, 5.74) is 7.23. The topological polar surface area (TPSA) is 167 Å². The average Bonchev–Trinajstić information content (AvgIpc) is 3.62. The summed E-state index contributed by atoms with van der Waals surface area (Å²) in [6.07, 6.45) is 2.51. The lowest BCUT2D eigenvalue weighted by molar-refractivity contribution is 0.00681. The molecule has 0 fully saturated rings. The van der Waals surface area contributed by atoms with E-state index in [9.17, 15) is 19.2 Å². The molecule has 0 bridgehead atoms. The summed E-state index contributed by atoms with van der Waals surface area (Å²) in [7, 11) is 2.69. The van der Waals surface area contributed by atoms with E-state index in [4.69, 9.17) is 21.1 Å². The molecule has 4 N–H and O–H groups in total. The fraction of sp³-hybridized carbons (Fsp3) is 0.312. The van der Waals surface area contributed by atoms with E-state index in [1.54, 1.807) is 30.3 Å². The predicted molar refractivity (Wildman–Crippen MR) is 176 cm³/mol. The van der Waals surface area contributed by atoms with Gasteiger partial charge in [0.05, 0.1) is 35.6 Å². The van der Waals surface area contributed by atoms with E-state index in [1.807, 2.05) is 33.8 Å². The van der Waals surface area contributed by atoms with Crippen LogP contribution in [0.2, 0.25) is 5.02 Å². The van der Waals surface area contributed by atoms with E-state index in [1.165, 1.54) is 30.9 Å². The van der Waals surface area contributed by atoms with Crippen molar-refractivity contribution in [3.63, 3.8) is 0 Å². The van der Waals surface area contributed by atoms with Gasteiger partial charge in [-0.05, 0) is 82.5 Å². The number of nitrogens with one attached hydrogen (secondary N) is 2. The number of aromatic nitrogens is 3. The van der Waals surface area contributed by atoms with Crippen LogP contribution in [0.25, 0.3) is 5.65 Å². The van der Waals surface area contributed by atoms with Crippen molar-refractivity contribution in [3.8, 4) is 0 Å². The zero-order valence-electron chi connectivity index (χ0n) is 26.3. The molecule has 14 heteroatoms. The first-order valence-corrected chi connectivity index (χ1v) is 14.5. The van der Waals surface area contributed by atoms with E-state index in [0.29, 0.717) is 29.1 Å². The van der Waals surface area contributed by atoms with E-state index >= 15 is 0 Å². The quantitative estimate of drug-likeness (QED) is 0.236. The van der Waals surface area contributed by atoms with Gasteiger partial charge in [0.15, 0.2) is 11.3 Å². The summed E-state index contributed by atoms with van der Waals surface area (Å²) >= 11 is 6.19. The summed E-state index contributed by atoms with van der Waals surface area (Å²) in [6.45, 7) is 7.31. The highest BCUT2D eigenvalue weighted by atomic mass is 35.5. The molecule has 0 unspecified atom stereocenters. The standard InChI is InChI=1S/C31H30ClN5O6.CH5N.ClH/c1-16-17-12-13-22(19(17)11-10-18(16)29(40)43-31(2,3)4)35-28(39)25-14-24(30(41)42-5)34-26-20(15-33-37(25)26)27(38)36-23-9-7-6-8-21(23)32;1-2;/h6-11,14-15,22H,12-13H2,1-5H3,(H,35,39)(H,36,38);2H2,1H3;1H/t22-;;/m0../s1. The average molecular weight is 672 g/mol.